The molecule has 1 aromatic carbocycles. The first-order valence-electron chi connectivity index (χ1n) is 8.45. The van der Waals surface area contributed by atoms with Gasteiger partial charge in [0.15, 0.2) is 0 Å². The van der Waals surface area contributed by atoms with E-state index in [9.17, 15) is 4.79 Å². The summed E-state index contributed by atoms with van der Waals surface area (Å²) in [6.07, 6.45) is 5.01. The van der Waals surface area contributed by atoms with Crippen LogP contribution in [0.4, 0.5) is 0 Å². The molecule has 0 aliphatic carbocycles. The lowest BCUT2D eigenvalue weighted by Crippen LogP contribution is -2.28. The first-order valence-corrected chi connectivity index (χ1v) is 8.45. The van der Waals surface area contributed by atoms with Crippen LogP contribution in [-0.4, -0.2) is 11.1 Å². The van der Waals surface area contributed by atoms with Crippen LogP contribution in [0.25, 0.3) is 10.9 Å². The lowest BCUT2D eigenvalue weighted by Gasteiger charge is -2.15. The van der Waals surface area contributed by atoms with Gasteiger partial charge in [0.1, 0.15) is 0 Å². The number of unbranched alkanes of at least 4 members (excludes halogenated alkanes) is 1. The molecule has 1 unspecified atom stereocenters. The highest BCUT2D eigenvalue weighted by molar-refractivity contribution is 5.79. The largest absolute Gasteiger partial charge is 0.312 e. The molecular weight excluding hydrogens is 272 g/mol. The van der Waals surface area contributed by atoms with Crippen molar-refractivity contribution in [2.24, 2.45) is 13.0 Å². The third-order valence-electron chi connectivity index (χ3n) is 4.50. The van der Waals surface area contributed by atoms with Gasteiger partial charge in [0, 0.05) is 19.2 Å². The highest BCUT2D eigenvalue weighted by Crippen LogP contribution is 2.13. The number of pyridine rings is 1. The summed E-state index contributed by atoms with van der Waals surface area (Å²) < 4.78 is 1.75. The minimum Gasteiger partial charge on any atom is -0.312 e. The van der Waals surface area contributed by atoms with E-state index in [1.54, 1.807) is 4.57 Å². The number of aromatic nitrogens is 1. The van der Waals surface area contributed by atoms with Gasteiger partial charge >= 0.3 is 0 Å². The number of nitrogens with zero attached hydrogens (tertiary/aromatic N) is 1. The third-order valence-corrected chi connectivity index (χ3v) is 4.50. The van der Waals surface area contributed by atoms with Gasteiger partial charge in [-0.15, -0.1) is 0 Å². The molecule has 120 valence electrons. The SMILES string of the molecule is CCCCC(CC)CNCc1cc2ccccc2n(C)c1=O. The lowest BCUT2D eigenvalue weighted by molar-refractivity contribution is 0.418. The lowest BCUT2D eigenvalue weighted by atomic mass is 9.99. The molecule has 1 N–H and O–H groups in total. The van der Waals surface area contributed by atoms with E-state index in [-0.39, 0.29) is 5.56 Å². The van der Waals surface area contributed by atoms with Crippen molar-refractivity contribution >= 4 is 10.9 Å². The number of benzene rings is 1. The fourth-order valence-corrected chi connectivity index (χ4v) is 2.97. The molecule has 3 heteroatoms. The van der Waals surface area contributed by atoms with Gasteiger partial charge in [-0.3, -0.25) is 4.79 Å². The summed E-state index contributed by atoms with van der Waals surface area (Å²) in [5, 5.41) is 4.61. The standard InChI is InChI=1S/C19H28N2O/c1-4-6-9-15(5-2)13-20-14-17-12-16-10-7-8-11-18(16)21(3)19(17)22/h7-8,10-12,15,20H,4-6,9,13-14H2,1-3H3. The number of para-hydroxylation sites is 1. The minimum atomic E-state index is 0.104. The molecule has 0 radical (unpaired) electrons. The Hall–Kier alpha value is -1.61. The van der Waals surface area contributed by atoms with Crippen molar-refractivity contribution in [2.75, 3.05) is 6.54 Å². The Morgan fingerprint density at radius 1 is 1.23 bits per heavy atom. The molecular formula is C19H28N2O. The van der Waals surface area contributed by atoms with Crippen molar-refractivity contribution in [3.8, 4) is 0 Å². The number of nitrogens with one attached hydrogen (secondary N) is 1. The van der Waals surface area contributed by atoms with Crippen molar-refractivity contribution in [1.82, 2.24) is 9.88 Å². The zero-order valence-corrected chi connectivity index (χ0v) is 14.1. The molecule has 3 nitrogen and oxygen atoms in total. The molecule has 0 fully saturated rings. The van der Waals surface area contributed by atoms with Gasteiger partial charge in [0.05, 0.1) is 5.52 Å². The highest BCUT2D eigenvalue weighted by atomic mass is 16.1. The van der Waals surface area contributed by atoms with E-state index >= 15 is 0 Å². The maximum atomic E-state index is 12.4. The van der Waals surface area contributed by atoms with Gasteiger partial charge in [0.25, 0.3) is 5.56 Å². The summed E-state index contributed by atoms with van der Waals surface area (Å²) in [5.74, 6) is 0.712. The van der Waals surface area contributed by atoms with E-state index in [1.165, 1.54) is 25.7 Å². The van der Waals surface area contributed by atoms with Crippen molar-refractivity contribution in [1.29, 1.82) is 0 Å². The van der Waals surface area contributed by atoms with Crippen LogP contribution in [0.3, 0.4) is 0 Å². The molecule has 0 saturated heterocycles. The number of fused-ring (bicyclic) bond motifs is 1. The van der Waals surface area contributed by atoms with Gasteiger partial charge < -0.3 is 9.88 Å². The van der Waals surface area contributed by atoms with Crippen molar-refractivity contribution in [3.05, 3.63) is 46.2 Å². The van der Waals surface area contributed by atoms with Crippen LogP contribution in [0.1, 0.15) is 45.1 Å². The van der Waals surface area contributed by atoms with Gasteiger partial charge in [-0.25, -0.2) is 0 Å². The monoisotopic (exact) mass is 300 g/mol. The molecule has 0 spiro atoms. The average molecular weight is 300 g/mol. The summed E-state index contributed by atoms with van der Waals surface area (Å²) in [6.45, 7) is 6.13. The molecule has 0 bridgehead atoms. The van der Waals surface area contributed by atoms with Crippen molar-refractivity contribution in [3.63, 3.8) is 0 Å². The predicted molar refractivity (Wildman–Crippen MR) is 94.2 cm³/mol. The summed E-state index contributed by atoms with van der Waals surface area (Å²) in [7, 11) is 1.85. The Balaban J connectivity index is 2.05. The number of hydrogen-bond donors (Lipinski definition) is 1. The molecule has 0 aliphatic heterocycles. The normalized spacial score (nSPS) is 12.7. The zero-order chi connectivity index (χ0) is 15.9. The van der Waals surface area contributed by atoms with Gasteiger partial charge in [-0.2, -0.15) is 0 Å². The Labute approximate surface area is 133 Å². The van der Waals surface area contributed by atoms with Crippen molar-refractivity contribution in [2.45, 2.75) is 46.1 Å². The van der Waals surface area contributed by atoms with Crippen LogP contribution in [0.15, 0.2) is 35.1 Å². The Bertz CT molecular complexity index is 660. The Morgan fingerprint density at radius 3 is 2.73 bits per heavy atom. The Kier molecular flexibility index (Phi) is 6.20. The van der Waals surface area contributed by atoms with E-state index < -0.39 is 0 Å². The predicted octanol–water partition coefficient (Wildman–Crippen LogP) is 3.84. The second-order valence-electron chi connectivity index (χ2n) is 6.14. The van der Waals surface area contributed by atoms with E-state index in [2.05, 4.69) is 25.2 Å². The molecule has 2 rings (SSSR count). The smallest absolute Gasteiger partial charge is 0.255 e. The van der Waals surface area contributed by atoms with Crippen LogP contribution < -0.4 is 10.9 Å². The molecule has 1 atom stereocenters. The van der Waals surface area contributed by atoms with E-state index in [0.29, 0.717) is 12.5 Å². The molecule has 2 aromatic rings. The highest BCUT2D eigenvalue weighted by Gasteiger charge is 2.08. The molecule has 22 heavy (non-hydrogen) atoms. The zero-order valence-electron chi connectivity index (χ0n) is 14.1. The summed E-state index contributed by atoms with van der Waals surface area (Å²) in [4.78, 5) is 12.4. The quantitative estimate of drug-likeness (QED) is 0.803. The van der Waals surface area contributed by atoms with Gasteiger partial charge in [-0.1, -0.05) is 51.3 Å². The molecule has 1 heterocycles. The summed E-state index contributed by atoms with van der Waals surface area (Å²) in [6, 6.07) is 10.1. The first kappa shape index (κ1) is 16.8. The first-order chi connectivity index (χ1) is 10.7. The number of hydrogen-bond acceptors (Lipinski definition) is 2. The average Bonchev–Trinajstić information content (AvgIpc) is 2.55. The Morgan fingerprint density at radius 2 is 2.00 bits per heavy atom. The molecule has 0 aliphatic rings. The van der Waals surface area contributed by atoms with Gasteiger partial charge in [-0.05, 0) is 36.4 Å². The molecule has 1 aromatic heterocycles. The fraction of sp³-hybridized carbons (Fsp3) is 0.526. The maximum absolute atomic E-state index is 12.4. The minimum absolute atomic E-state index is 0.104. The van der Waals surface area contributed by atoms with Crippen LogP contribution in [-0.2, 0) is 13.6 Å². The van der Waals surface area contributed by atoms with Crippen molar-refractivity contribution < 1.29 is 0 Å². The molecule has 0 saturated carbocycles. The molecule has 0 amide bonds. The van der Waals surface area contributed by atoms with Crippen LogP contribution in [0, 0.1) is 5.92 Å². The fourth-order valence-electron chi connectivity index (χ4n) is 2.97. The van der Waals surface area contributed by atoms with Crippen LogP contribution in [0.2, 0.25) is 0 Å². The van der Waals surface area contributed by atoms with E-state index in [4.69, 9.17) is 0 Å². The second-order valence-corrected chi connectivity index (χ2v) is 6.14. The number of aryl methyl sites for hydroxylation is 1. The van der Waals surface area contributed by atoms with Crippen LogP contribution >= 0.6 is 0 Å². The van der Waals surface area contributed by atoms with E-state index in [0.717, 1.165) is 23.0 Å². The van der Waals surface area contributed by atoms with Gasteiger partial charge in [0.2, 0.25) is 0 Å². The van der Waals surface area contributed by atoms with E-state index in [1.807, 2.05) is 31.3 Å². The topological polar surface area (TPSA) is 34.0 Å². The maximum Gasteiger partial charge on any atom is 0.255 e. The summed E-state index contributed by atoms with van der Waals surface area (Å²) in [5.41, 5.74) is 1.95. The third kappa shape index (κ3) is 3.98. The summed E-state index contributed by atoms with van der Waals surface area (Å²) >= 11 is 0. The van der Waals surface area contributed by atoms with Crippen LogP contribution in [0.5, 0.6) is 0 Å². The second kappa shape index (κ2) is 8.14. The number of rotatable bonds is 8.